The summed E-state index contributed by atoms with van der Waals surface area (Å²) in [6.07, 6.45) is 14.4. The molecule has 0 aromatic carbocycles. The molecule has 9 N–H and O–H groups in total. The van der Waals surface area contributed by atoms with Crippen LogP contribution in [-0.2, 0) is 100.0 Å². The van der Waals surface area contributed by atoms with Crippen molar-refractivity contribution in [2.75, 3.05) is 198 Å². The number of unbranched alkanes of at least 4 members (excludes halogenated alkanes) is 12. The van der Waals surface area contributed by atoms with Crippen LogP contribution in [0, 0.1) is 5.41 Å². The van der Waals surface area contributed by atoms with E-state index in [0.29, 0.717) is 138 Å². The molecule has 0 saturated heterocycles. The second kappa shape index (κ2) is 68.7. The van der Waals surface area contributed by atoms with Crippen LogP contribution in [0.1, 0.15) is 161 Å². The Hall–Kier alpha value is -5.25. The van der Waals surface area contributed by atoms with Gasteiger partial charge in [-0.25, -0.2) is 0 Å². The molecule has 0 heterocycles. The first-order chi connectivity index (χ1) is 46.1. The fourth-order valence-electron chi connectivity index (χ4n) is 8.49. The monoisotopic (exact) mass is 1370 g/mol. The van der Waals surface area contributed by atoms with Crippen molar-refractivity contribution < 1.29 is 115 Å². The van der Waals surface area contributed by atoms with Crippen LogP contribution in [0.2, 0.25) is 0 Å². The average Bonchev–Trinajstić information content (AvgIpc) is 1.53. The zero-order valence-corrected chi connectivity index (χ0v) is 57.1. The number of carbonyl (C=O) groups is 9. The normalized spacial score (nSPS) is 11.3. The van der Waals surface area contributed by atoms with E-state index in [2.05, 4.69) is 31.9 Å². The standard InChI is InChI=1S/C65H120N6O24/c1-65(53-93-35-23-59(75)69-29-38-87-44-50-90-47-41-84-32-20-56(72)66-26-14-8-2-5-11-17-62(78)79,54-94-36-24-60(76)70-30-39-88-45-51-91-48-42-85-33-21-57(73)67-27-15-9-3-6-12-18-63(80)81)55-95-37-25-61(77)71-31-40-89-46-52-92-49-43-86-34-22-58(74)68-28-16-10-4-7-13-19-64(82)83/h2-55H2,1H3,(H,66,72)(H,67,73)(H,68,74)(H,69,75)(H,70,76)(H,71,77)(H,78,79)(H,80,81)(H,82,83). The van der Waals surface area contributed by atoms with Crippen LogP contribution in [-0.4, -0.2) is 267 Å². The van der Waals surface area contributed by atoms with Crippen molar-refractivity contribution in [2.45, 2.75) is 161 Å². The predicted octanol–water partition coefficient (Wildman–Crippen LogP) is 3.51. The summed E-state index contributed by atoms with van der Waals surface area (Å²) >= 11 is 0. The number of aliphatic carboxylic acids is 3. The van der Waals surface area contributed by atoms with Crippen molar-refractivity contribution in [3.63, 3.8) is 0 Å². The Morgan fingerprint density at radius 2 is 0.400 bits per heavy atom. The molecule has 30 heteroatoms. The van der Waals surface area contributed by atoms with E-state index in [1.54, 1.807) is 0 Å². The summed E-state index contributed by atoms with van der Waals surface area (Å²) in [4.78, 5) is 105. The van der Waals surface area contributed by atoms with E-state index in [1.807, 2.05) is 6.92 Å². The molecule has 0 unspecified atom stereocenters. The molecule has 0 fully saturated rings. The van der Waals surface area contributed by atoms with Crippen molar-refractivity contribution >= 4 is 53.4 Å². The third kappa shape index (κ3) is 71.4. The number of amides is 6. The summed E-state index contributed by atoms with van der Waals surface area (Å²) in [5.74, 6) is -3.24. The van der Waals surface area contributed by atoms with E-state index in [4.69, 9.17) is 72.2 Å². The molecular formula is C65H120N6O24. The maximum atomic E-state index is 12.6. The number of carboxylic acids is 3. The van der Waals surface area contributed by atoms with E-state index in [0.717, 1.165) is 77.0 Å². The second-order valence-corrected chi connectivity index (χ2v) is 22.8. The summed E-state index contributed by atoms with van der Waals surface area (Å²) in [6, 6.07) is 0. The van der Waals surface area contributed by atoms with Gasteiger partial charge in [-0.05, 0) is 38.5 Å². The minimum absolute atomic E-state index is 0.0816. The Morgan fingerprint density at radius 3 is 0.632 bits per heavy atom. The molecule has 0 aliphatic rings. The molecule has 30 nitrogen and oxygen atoms in total. The van der Waals surface area contributed by atoms with Crippen LogP contribution in [0.25, 0.3) is 0 Å². The summed E-state index contributed by atoms with van der Waals surface area (Å²) < 4.78 is 67.4. The number of carboxylic acid groups (broad SMARTS) is 3. The molecule has 95 heavy (non-hydrogen) atoms. The van der Waals surface area contributed by atoms with Gasteiger partial charge in [0.05, 0.1) is 159 Å². The van der Waals surface area contributed by atoms with Gasteiger partial charge in [-0.2, -0.15) is 0 Å². The fourth-order valence-corrected chi connectivity index (χ4v) is 8.49. The van der Waals surface area contributed by atoms with Gasteiger partial charge < -0.3 is 104 Å². The highest BCUT2D eigenvalue weighted by Crippen LogP contribution is 2.19. The first kappa shape index (κ1) is 89.8. The molecule has 0 saturated carbocycles. The molecule has 0 aliphatic heterocycles. The van der Waals surface area contributed by atoms with E-state index in [1.165, 1.54) is 0 Å². The largest absolute Gasteiger partial charge is 0.481 e. The predicted molar refractivity (Wildman–Crippen MR) is 350 cm³/mol. The smallest absolute Gasteiger partial charge is 0.303 e. The Balaban J connectivity index is 4.43. The lowest BCUT2D eigenvalue weighted by Gasteiger charge is -2.29. The van der Waals surface area contributed by atoms with Crippen LogP contribution in [0.15, 0.2) is 0 Å². The third-order valence-corrected chi connectivity index (χ3v) is 13.8. The first-order valence-electron chi connectivity index (χ1n) is 34.3. The van der Waals surface area contributed by atoms with E-state index >= 15 is 0 Å². The highest BCUT2D eigenvalue weighted by atomic mass is 16.6. The summed E-state index contributed by atoms with van der Waals surface area (Å²) in [6.45, 7) is 11.0. The molecule has 0 spiro atoms. The number of rotatable bonds is 75. The van der Waals surface area contributed by atoms with Crippen molar-refractivity contribution in [1.29, 1.82) is 0 Å². The summed E-state index contributed by atoms with van der Waals surface area (Å²) in [5.41, 5.74) is -0.698. The Morgan fingerprint density at radius 1 is 0.221 bits per heavy atom. The van der Waals surface area contributed by atoms with Crippen molar-refractivity contribution in [2.24, 2.45) is 5.41 Å². The SMILES string of the molecule is CC(COCCC(=O)NCCOCCOCCOCCC(=O)NCCCCCCCC(=O)O)(COCCC(=O)NCCOCCOCCOCCC(=O)NCCCCCCCC(=O)O)COCCC(=O)NCCOCCOCCOCCC(=O)NCCCCCCCC(=O)O. The fraction of sp³-hybridized carbons (Fsp3) is 0.862. The molecule has 554 valence electrons. The van der Waals surface area contributed by atoms with E-state index in [9.17, 15) is 43.2 Å². The van der Waals surface area contributed by atoms with Crippen LogP contribution < -0.4 is 31.9 Å². The summed E-state index contributed by atoms with van der Waals surface area (Å²) in [7, 11) is 0. The average molecular weight is 1370 g/mol. The maximum absolute atomic E-state index is 12.6. The third-order valence-electron chi connectivity index (χ3n) is 13.8. The molecule has 0 rings (SSSR count). The molecule has 0 aromatic heterocycles. The molecule has 0 radical (unpaired) electrons. The maximum Gasteiger partial charge on any atom is 0.303 e. The Labute approximate surface area is 563 Å². The van der Waals surface area contributed by atoms with Crippen LogP contribution in [0.4, 0.5) is 0 Å². The molecule has 0 atom stereocenters. The highest BCUT2D eigenvalue weighted by Gasteiger charge is 2.27. The first-order valence-corrected chi connectivity index (χ1v) is 34.3. The van der Waals surface area contributed by atoms with Crippen LogP contribution >= 0.6 is 0 Å². The Bertz CT molecular complexity index is 1720. The van der Waals surface area contributed by atoms with Gasteiger partial charge in [0.25, 0.3) is 0 Å². The lowest BCUT2D eigenvalue weighted by molar-refractivity contribution is -0.138. The molecule has 0 aliphatic carbocycles. The number of nitrogens with one attached hydrogen (secondary N) is 6. The Kier molecular flexibility index (Phi) is 64.9. The quantitative estimate of drug-likeness (QED) is 0.0393. The topological polar surface area (TPSA) is 397 Å². The van der Waals surface area contributed by atoms with Crippen LogP contribution in [0.3, 0.4) is 0 Å². The van der Waals surface area contributed by atoms with Gasteiger partial charge in [0.15, 0.2) is 0 Å². The van der Waals surface area contributed by atoms with Crippen molar-refractivity contribution in [3.05, 3.63) is 0 Å². The second-order valence-electron chi connectivity index (χ2n) is 22.8. The molecule has 6 amide bonds. The van der Waals surface area contributed by atoms with Gasteiger partial charge in [0.1, 0.15) is 0 Å². The van der Waals surface area contributed by atoms with Gasteiger partial charge in [-0.3, -0.25) is 43.2 Å². The lowest BCUT2D eigenvalue weighted by atomic mass is 9.94. The number of ether oxygens (including phenoxy) is 12. The lowest BCUT2D eigenvalue weighted by Crippen LogP contribution is -2.36. The minimum atomic E-state index is -0.776. The van der Waals surface area contributed by atoms with Crippen molar-refractivity contribution in [3.8, 4) is 0 Å². The number of carbonyl (C=O) groups excluding carboxylic acids is 6. The molecular weight excluding hydrogens is 1250 g/mol. The highest BCUT2D eigenvalue weighted by molar-refractivity contribution is 5.77. The number of hydrogen-bond donors (Lipinski definition) is 9. The van der Waals surface area contributed by atoms with Gasteiger partial charge in [-0.15, -0.1) is 0 Å². The van der Waals surface area contributed by atoms with E-state index in [-0.39, 0.29) is 173 Å². The van der Waals surface area contributed by atoms with Gasteiger partial charge in [0.2, 0.25) is 35.4 Å². The van der Waals surface area contributed by atoms with Gasteiger partial charge in [-0.1, -0.05) is 64.7 Å². The minimum Gasteiger partial charge on any atom is -0.481 e. The molecule has 0 aromatic rings. The van der Waals surface area contributed by atoms with E-state index < -0.39 is 23.3 Å². The zero-order chi connectivity index (χ0) is 69.6. The zero-order valence-electron chi connectivity index (χ0n) is 57.1. The molecule has 0 bridgehead atoms. The van der Waals surface area contributed by atoms with Gasteiger partial charge in [0, 0.05) is 102 Å². The summed E-state index contributed by atoms with van der Waals surface area (Å²) in [5, 5.41) is 43.0. The van der Waals surface area contributed by atoms with Gasteiger partial charge >= 0.3 is 17.9 Å². The number of hydrogen-bond acceptors (Lipinski definition) is 21. The van der Waals surface area contributed by atoms with Crippen molar-refractivity contribution in [1.82, 2.24) is 31.9 Å². The van der Waals surface area contributed by atoms with Crippen LogP contribution in [0.5, 0.6) is 0 Å².